The number of hydrogen-bond donors (Lipinski definition) is 0. The van der Waals surface area contributed by atoms with E-state index in [2.05, 4.69) is 4.90 Å². The van der Waals surface area contributed by atoms with Crippen LogP contribution in [0, 0.1) is 0 Å². The molecule has 0 aromatic heterocycles. The van der Waals surface area contributed by atoms with Crippen molar-refractivity contribution in [3.05, 3.63) is 11.9 Å². The molecule has 0 fully saturated rings. The van der Waals surface area contributed by atoms with E-state index in [0.29, 0.717) is 6.42 Å². The van der Waals surface area contributed by atoms with Crippen molar-refractivity contribution in [3.8, 4) is 0 Å². The molecule has 0 radical (unpaired) electrons. The lowest BCUT2D eigenvalue weighted by atomic mass is 10.3. The molecule has 52 valence electrons. The lowest BCUT2D eigenvalue weighted by molar-refractivity contribution is 0.372. The maximum absolute atomic E-state index is 12.5. The van der Waals surface area contributed by atoms with Crippen LogP contribution in [0.4, 0.5) is 4.39 Å². The monoisotopic (exact) mass is 129 g/mol. The summed E-state index contributed by atoms with van der Waals surface area (Å²) in [5, 5.41) is 0. The quantitative estimate of drug-likeness (QED) is 0.480. The van der Waals surface area contributed by atoms with E-state index in [1.807, 2.05) is 7.05 Å². The Morgan fingerprint density at radius 1 is 1.67 bits per heavy atom. The van der Waals surface area contributed by atoms with E-state index >= 15 is 0 Å². The Kier molecular flexibility index (Phi) is 2.22. The molecular formula is C7H12FN. The third-order valence-electron chi connectivity index (χ3n) is 1.58. The second-order valence-electron chi connectivity index (χ2n) is 2.52. The number of hydrogen-bond acceptors (Lipinski definition) is 1. The SMILES string of the molecule is CN1CC=C(F)CCC1. The molecule has 1 heterocycles. The van der Waals surface area contributed by atoms with Gasteiger partial charge in [0.1, 0.15) is 0 Å². The highest BCUT2D eigenvalue weighted by Crippen LogP contribution is 2.10. The van der Waals surface area contributed by atoms with E-state index in [4.69, 9.17) is 0 Å². The minimum absolute atomic E-state index is 0.0550. The van der Waals surface area contributed by atoms with Crippen LogP contribution in [0.1, 0.15) is 12.8 Å². The first kappa shape index (κ1) is 6.75. The summed E-state index contributed by atoms with van der Waals surface area (Å²) >= 11 is 0. The van der Waals surface area contributed by atoms with Crippen molar-refractivity contribution in [2.75, 3.05) is 20.1 Å². The number of rotatable bonds is 0. The molecule has 0 bridgehead atoms. The van der Waals surface area contributed by atoms with E-state index in [1.165, 1.54) is 0 Å². The van der Waals surface area contributed by atoms with Crippen LogP contribution in [0.25, 0.3) is 0 Å². The van der Waals surface area contributed by atoms with Gasteiger partial charge in [-0.3, -0.25) is 0 Å². The van der Waals surface area contributed by atoms with Gasteiger partial charge in [0.15, 0.2) is 0 Å². The summed E-state index contributed by atoms with van der Waals surface area (Å²) in [6.45, 7) is 1.79. The second kappa shape index (κ2) is 2.97. The summed E-state index contributed by atoms with van der Waals surface area (Å²) < 4.78 is 12.5. The van der Waals surface area contributed by atoms with Crippen molar-refractivity contribution in [2.24, 2.45) is 0 Å². The Bertz CT molecular complexity index is 120. The topological polar surface area (TPSA) is 3.24 Å². The number of halogens is 1. The molecule has 0 amide bonds. The molecule has 1 aliphatic rings. The fraction of sp³-hybridized carbons (Fsp3) is 0.714. The van der Waals surface area contributed by atoms with Crippen molar-refractivity contribution < 1.29 is 4.39 Å². The summed E-state index contributed by atoms with van der Waals surface area (Å²) in [7, 11) is 2.01. The van der Waals surface area contributed by atoms with Gasteiger partial charge in [-0.25, -0.2) is 4.39 Å². The van der Waals surface area contributed by atoms with Crippen molar-refractivity contribution in [1.29, 1.82) is 0 Å². The van der Waals surface area contributed by atoms with Gasteiger partial charge in [-0.15, -0.1) is 0 Å². The molecule has 0 atom stereocenters. The summed E-state index contributed by atoms with van der Waals surface area (Å²) in [5.41, 5.74) is 0. The average molecular weight is 129 g/mol. The third kappa shape index (κ3) is 2.14. The van der Waals surface area contributed by atoms with Crippen LogP contribution in [-0.4, -0.2) is 25.0 Å². The highest BCUT2D eigenvalue weighted by atomic mass is 19.1. The molecule has 0 aliphatic carbocycles. The highest BCUT2D eigenvalue weighted by molar-refractivity contribution is 4.95. The van der Waals surface area contributed by atoms with Gasteiger partial charge in [-0.05, 0) is 26.1 Å². The van der Waals surface area contributed by atoms with E-state index in [-0.39, 0.29) is 5.83 Å². The molecule has 2 heteroatoms. The molecule has 0 saturated carbocycles. The predicted octanol–water partition coefficient (Wildman–Crippen LogP) is 1.57. The van der Waals surface area contributed by atoms with Crippen molar-refractivity contribution in [2.45, 2.75) is 12.8 Å². The number of nitrogens with zero attached hydrogens (tertiary/aromatic N) is 1. The van der Waals surface area contributed by atoms with E-state index in [1.54, 1.807) is 6.08 Å². The molecule has 1 rings (SSSR count). The van der Waals surface area contributed by atoms with Gasteiger partial charge in [0.2, 0.25) is 0 Å². The molecular weight excluding hydrogens is 117 g/mol. The van der Waals surface area contributed by atoms with Crippen molar-refractivity contribution in [1.82, 2.24) is 4.90 Å². The molecule has 0 aromatic carbocycles. The van der Waals surface area contributed by atoms with Crippen LogP contribution in [0.5, 0.6) is 0 Å². The fourth-order valence-corrected chi connectivity index (χ4v) is 0.966. The molecule has 1 aliphatic heterocycles. The van der Waals surface area contributed by atoms with Gasteiger partial charge in [0.25, 0.3) is 0 Å². The summed E-state index contributed by atoms with van der Waals surface area (Å²) in [5.74, 6) is 0.0550. The maximum atomic E-state index is 12.5. The van der Waals surface area contributed by atoms with Crippen LogP contribution in [-0.2, 0) is 0 Å². The molecule has 0 N–H and O–H groups in total. The van der Waals surface area contributed by atoms with Gasteiger partial charge in [0.05, 0.1) is 5.83 Å². The lowest BCUT2D eigenvalue weighted by Crippen LogP contribution is -2.17. The Balaban J connectivity index is 2.42. The van der Waals surface area contributed by atoms with E-state index < -0.39 is 0 Å². The first-order chi connectivity index (χ1) is 4.29. The zero-order valence-electron chi connectivity index (χ0n) is 5.73. The number of allylic oxidation sites excluding steroid dienone is 1. The Morgan fingerprint density at radius 2 is 2.44 bits per heavy atom. The highest BCUT2D eigenvalue weighted by Gasteiger charge is 2.03. The predicted molar refractivity (Wildman–Crippen MR) is 35.9 cm³/mol. The Hall–Kier alpha value is -0.370. The van der Waals surface area contributed by atoms with Crippen LogP contribution in [0.3, 0.4) is 0 Å². The van der Waals surface area contributed by atoms with Gasteiger partial charge >= 0.3 is 0 Å². The molecule has 0 spiro atoms. The summed E-state index contributed by atoms with van der Waals surface area (Å²) in [4.78, 5) is 2.12. The Morgan fingerprint density at radius 3 is 3.22 bits per heavy atom. The van der Waals surface area contributed by atoms with Gasteiger partial charge in [-0.1, -0.05) is 0 Å². The minimum Gasteiger partial charge on any atom is -0.303 e. The number of likely N-dealkylation sites (N-methyl/N-ethyl adjacent to an activating group) is 1. The first-order valence-corrected chi connectivity index (χ1v) is 3.32. The van der Waals surface area contributed by atoms with Crippen molar-refractivity contribution >= 4 is 0 Å². The molecule has 1 nitrogen and oxygen atoms in total. The fourth-order valence-electron chi connectivity index (χ4n) is 0.966. The zero-order chi connectivity index (χ0) is 6.69. The van der Waals surface area contributed by atoms with Crippen molar-refractivity contribution in [3.63, 3.8) is 0 Å². The summed E-state index contributed by atoms with van der Waals surface area (Å²) in [6, 6.07) is 0. The molecule has 9 heavy (non-hydrogen) atoms. The largest absolute Gasteiger partial charge is 0.303 e. The average Bonchev–Trinajstić information content (AvgIpc) is 1.97. The van der Waals surface area contributed by atoms with Crippen LogP contribution >= 0.6 is 0 Å². The van der Waals surface area contributed by atoms with Gasteiger partial charge in [0, 0.05) is 13.0 Å². The van der Waals surface area contributed by atoms with Crippen LogP contribution in [0.2, 0.25) is 0 Å². The normalized spacial score (nSPS) is 23.1. The maximum Gasteiger partial charge on any atom is 0.0973 e. The first-order valence-electron chi connectivity index (χ1n) is 3.32. The Labute approximate surface area is 55.2 Å². The van der Waals surface area contributed by atoms with Gasteiger partial charge < -0.3 is 4.90 Å². The van der Waals surface area contributed by atoms with Crippen LogP contribution in [0.15, 0.2) is 11.9 Å². The molecule has 0 aromatic rings. The minimum atomic E-state index is 0.0550. The van der Waals surface area contributed by atoms with Gasteiger partial charge in [-0.2, -0.15) is 0 Å². The smallest absolute Gasteiger partial charge is 0.0973 e. The zero-order valence-corrected chi connectivity index (χ0v) is 5.73. The summed E-state index contributed by atoms with van der Waals surface area (Å²) in [6.07, 6.45) is 3.25. The van der Waals surface area contributed by atoms with Crippen LogP contribution < -0.4 is 0 Å². The molecule has 0 saturated heterocycles. The standard InChI is InChI=1S/C7H12FN/c1-9-5-2-3-7(8)4-6-9/h4H,2-3,5-6H2,1H3. The molecule has 0 unspecified atom stereocenters. The van der Waals surface area contributed by atoms with E-state index in [9.17, 15) is 4.39 Å². The third-order valence-corrected chi connectivity index (χ3v) is 1.58. The van der Waals surface area contributed by atoms with E-state index in [0.717, 1.165) is 19.5 Å². The second-order valence-corrected chi connectivity index (χ2v) is 2.52. The lowest BCUT2D eigenvalue weighted by Gasteiger charge is -2.09.